The smallest absolute Gasteiger partial charge is 0.253 e. The van der Waals surface area contributed by atoms with E-state index < -0.39 is 16.8 Å². The van der Waals surface area contributed by atoms with Crippen molar-refractivity contribution in [2.45, 2.75) is 6.92 Å². The van der Waals surface area contributed by atoms with Gasteiger partial charge in [-0.3, -0.25) is 9.59 Å². The minimum Gasteiger partial charge on any atom is -0.288 e. The lowest BCUT2D eigenvalue weighted by molar-refractivity contribution is 0.101. The third kappa shape index (κ3) is 2.56. The number of benzene rings is 2. The highest BCUT2D eigenvalue weighted by Gasteiger charge is 2.21. The van der Waals surface area contributed by atoms with Gasteiger partial charge in [-0.15, -0.1) is 0 Å². The van der Waals surface area contributed by atoms with Crippen LogP contribution >= 0.6 is 11.6 Å². The van der Waals surface area contributed by atoms with Gasteiger partial charge in [0.05, 0.1) is 5.56 Å². The molecule has 2 aromatic carbocycles. The number of halogens is 2. The molecule has 0 spiro atoms. The van der Waals surface area contributed by atoms with Crippen molar-refractivity contribution in [2.75, 3.05) is 0 Å². The number of rotatable bonds is 3. The molecule has 0 radical (unpaired) electrons. The molecule has 0 bridgehead atoms. The highest BCUT2D eigenvalue weighted by atomic mass is 35.5. The minimum atomic E-state index is -0.733. The van der Waals surface area contributed by atoms with Crippen LogP contribution in [0.5, 0.6) is 0 Å². The highest BCUT2D eigenvalue weighted by molar-refractivity contribution is 6.68. The molecule has 96 valence electrons. The molecule has 4 heteroatoms. The largest absolute Gasteiger partial charge is 0.288 e. The Morgan fingerprint density at radius 2 is 1.63 bits per heavy atom. The van der Waals surface area contributed by atoms with Crippen molar-refractivity contribution >= 4 is 22.6 Å². The fourth-order valence-corrected chi connectivity index (χ4v) is 2.07. The summed E-state index contributed by atoms with van der Waals surface area (Å²) in [4.78, 5) is 23.7. The van der Waals surface area contributed by atoms with Gasteiger partial charge in [0, 0.05) is 11.1 Å². The Labute approximate surface area is 114 Å². The number of hydrogen-bond donors (Lipinski definition) is 0. The predicted molar refractivity (Wildman–Crippen MR) is 71.2 cm³/mol. The van der Waals surface area contributed by atoms with Crippen molar-refractivity contribution in [3.63, 3.8) is 0 Å². The summed E-state index contributed by atoms with van der Waals surface area (Å²) in [5, 5.41) is -0.733. The SMILES string of the molecule is Cc1cccc(C(=O)Cl)c1C(=O)c1ccccc1F. The van der Waals surface area contributed by atoms with Crippen LogP contribution in [-0.2, 0) is 0 Å². The molecule has 19 heavy (non-hydrogen) atoms. The monoisotopic (exact) mass is 276 g/mol. The molecule has 0 amide bonds. The zero-order chi connectivity index (χ0) is 14.0. The fraction of sp³-hybridized carbons (Fsp3) is 0.0667. The van der Waals surface area contributed by atoms with Crippen LogP contribution in [0.25, 0.3) is 0 Å². The van der Waals surface area contributed by atoms with Crippen molar-refractivity contribution in [1.82, 2.24) is 0 Å². The maximum absolute atomic E-state index is 13.7. The van der Waals surface area contributed by atoms with Gasteiger partial charge in [-0.1, -0.05) is 24.3 Å². The Morgan fingerprint density at radius 1 is 1.00 bits per heavy atom. The van der Waals surface area contributed by atoms with Gasteiger partial charge in [0.2, 0.25) is 0 Å². The minimum absolute atomic E-state index is 0.0732. The van der Waals surface area contributed by atoms with E-state index in [1.807, 2.05) is 0 Å². The third-order valence-electron chi connectivity index (χ3n) is 2.83. The molecule has 0 unspecified atom stereocenters. The first-order valence-electron chi connectivity index (χ1n) is 5.61. The molecule has 0 atom stereocenters. The summed E-state index contributed by atoms with van der Waals surface area (Å²) in [6, 6.07) is 10.4. The van der Waals surface area contributed by atoms with Crippen LogP contribution in [0.4, 0.5) is 4.39 Å². The van der Waals surface area contributed by atoms with Crippen molar-refractivity contribution in [3.8, 4) is 0 Å². The van der Waals surface area contributed by atoms with Crippen molar-refractivity contribution < 1.29 is 14.0 Å². The average molecular weight is 277 g/mol. The van der Waals surface area contributed by atoms with E-state index in [1.54, 1.807) is 25.1 Å². The number of aryl methyl sites for hydroxylation is 1. The van der Waals surface area contributed by atoms with Crippen LogP contribution in [0.1, 0.15) is 31.8 Å². The molecule has 0 aliphatic heterocycles. The van der Waals surface area contributed by atoms with Gasteiger partial charge in [0.25, 0.3) is 5.24 Å². The van der Waals surface area contributed by atoms with Crippen LogP contribution in [0.2, 0.25) is 0 Å². The Hall–Kier alpha value is -2.00. The average Bonchev–Trinajstić information content (AvgIpc) is 2.38. The Kier molecular flexibility index (Phi) is 3.76. The van der Waals surface area contributed by atoms with Crippen molar-refractivity contribution in [3.05, 3.63) is 70.5 Å². The van der Waals surface area contributed by atoms with E-state index in [-0.39, 0.29) is 16.7 Å². The summed E-state index contributed by atoms with van der Waals surface area (Å²) in [5.74, 6) is -1.16. The van der Waals surface area contributed by atoms with Crippen LogP contribution in [-0.4, -0.2) is 11.0 Å². The molecule has 0 saturated heterocycles. The van der Waals surface area contributed by atoms with E-state index in [2.05, 4.69) is 0 Å². The van der Waals surface area contributed by atoms with Gasteiger partial charge < -0.3 is 0 Å². The molecule has 0 aliphatic carbocycles. The van der Waals surface area contributed by atoms with E-state index in [0.717, 1.165) is 0 Å². The van der Waals surface area contributed by atoms with Crippen LogP contribution in [0, 0.1) is 12.7 Å². The molecule has 0 saturated carbocycles. The van der Waals surface area contributed by atoms with E-state index in [0.29, 0.717) is 5.56 Å². The lowest BCUT2D eigenvalue weighted by Gasteiger charge is -2.09. The predicted octanol–water partition coefficient (Wildman–Crippen LogP) is 3.74. The Balaban J connectivity index is 2.63. The molecule has 2 nitrogen and oxygen atoms in total. The molecular weight excluding hydrogens is 267 g/mol. The summed E-state index contributed by atoms with van der Waals surface area (Å²) in [6.45, 7) is 1.68. The number of ketones is 1. The number of carbonyl (C=O) groups excluding carboxylic acids is 2. The maximum atomic E-state index is 13.7. The van der Waals surface area contributed by atoms with E-state index in [4.69, 9.17) is 11.6 Å². The zero-order valence-corrected chi connectivity index (χ0v) is 10.9. The summed E-state index contributed by atoms with van der Waals surface area (Å²) in [5.41, 5.74) is 0.748. The molecular formula is C15H10ClFO2. The number of hydrogen-bond acceptors (Lipinski definition) is 2. The second kappa shape index (κ2) is 5.33. The summed E-state index contributed by atoms with van der Waals surface area (Å²) >= 11 is 5.47. The van der Waals surface area contributed by atoms with E-state index >= 15 is 0 Å². The lowest BCUT2D eigenvalue weighted by Crippen LogP contribution is -2.11. The molecule has 0 fully saturated rings. The molecule has 0 N–H and O–H groups in total. The first kappa shape index (κ1) is 13.4. The van der Waals surface area contributed by atoms with Gasteiger partial charge >= 0.3 is 0 Å². The summed E-state index contributed by atoms with van der Waals surface area (Å²) in [7, 11) is 0. The highest BCUT2D eigenvalue weighted by Crippen LogP contribution is 2.21. The standard InChI is InChI=1S/C15H10ClFO2/c1-9-5-4-7-11(15(16)19)13(9)14(18)10-6-2-3-8-12(10)17/h2-8H,1H3. The molecule has 0 aromatic heterocycles. The van der Waals surface area contributed by atoms with E-state index in [9.17, 15) is 14.0 Å². The van der Waals surface area contributed by atoms with Crippen LogP contribution in [0.3, 0.4) is 0 Å². The van der Waals surface area contributed by atoms with Crippen LogP contribution in [0.15, 0.2) is 42.5 Å². The second-order valence-electron chi connectivity index (χ2n) is 4.08. The second-order valence-corrected chi connectivity index (χ2v) is 4.42. The van der Waals surface area contributed by atoms with Gasteiger partial charge in [0.1, 0.15) is 5.82 Å². The van der Waals surface area contributed by atoms with Crippen molar-refractivity contribution in [1.29, 1.82) is 0 Å². The van der Waals surface area contributed by atoms with Gasteiger partial charge in [-0.2, -0.15) is 0 Å². The zero-order valence-electron chi connectivity index (χ0n) is 10.1. The van der Waals surface area contributed by atoms with Gasteiger partial charge in [-0.25, -0.2) is 4.39 Å². The maximum Gasteiger partial charge on any atom is 0.253 e. The quantitative estimate of drug-likeness (QED) is 0.632. The summed E-state index contributed by atoms with van der Waals surface area (Å²) in [6.07, 6.45) is 0. The van der Waals surface area contributed by atoms with Crippen LogP contribution < -0.4 is 0 Å². The number of carbonyl (C=O) groups is 2. The Bertz CT molecular complexity index is 665. The molecule has 2 rings (SSSR count). The molecule has 0 heterocycles. The van der Waals surface area contributed by atoms with Gasteiger partial charge in [0.15, 0.2) is 5.78 Å². The van der Waals surface area contributed by atoms with Crippen molar-refractivity contribution in [2.24, 2.45) is 0 Å². The lowest BCUT2D eigenvalue weighted by atomic mass is 9.94. The molecule has 2 aromatic rings. The fourth-order valence-electron chi connectivity index (χ4n) is 1.91. The first-order valence-corrected chi connectivity index (χ1v) is 5.99. The topological polar surface area (TPSA) is 34.1 Å². The summed E-state index contributed by atoms with van der Waals surface area (Å²) < 4.78 is 13.7. The Morgan fingerprint density at radius 3 is 2.26 bits per heavy atom. The van der Waals surface area contributed by atoms with E-state index in [1.165, 1.54) is 24.3 Å². The normalized spacial score (nSPS) is 10.3. The molecule has 0 aliphatic rings. The third-order valence-corrected chi connectivity index (χ3v) is 3.03. The first-order chi connectivity index (χ1) is 9.02. The van der Waals surface area contributed by atoms with Gasteiger partial charge in [-0.05, 0) is 42.3 Å².